The summed E-state index contributed by atoms with van der Waals surface area (Å²) in [4.78, 5) is 22.8. The zero-order valence-electron chi connectivity index (χ0n) is 11.4. The van der Waals surface area contributed by atoms with E-state index in [4.69, 9.17) is 10.5 Å². The summed E-state index contributed by atoms with van der Waals surface area (Å²) in [6.07, 6.45) is 0. The van der Waals surface area contributed by atoms with Gasteiger partial charge in [-0.15, -0.1) is 0 Å². The number of methoxy groups -OCH3 is 1. The van der Waals surface area contributed by atoms with E-state index < -0.39 is 18.0 Å². The van der Waals surface area contributed by atoms with Gasteiger partial charge in [0.25, 0.3) is 0 Å². The van der Waals surface area contributed by atoms with E-state index in [1.165, 1.54) is 7.11 Å². The van der Waals surface area contributed by atoms with Crippen molar-refractivity contribution < 1.29 is 19.1 Å². The van der Waals surface area contributed by atoms with E-state index in [0.717, 1.165) is 5.56 Å². The van der Waals surface area contributed by atoms with Gasteiger partial charge < -0.3 is 15.2 Å². The average molecular weight is 265 g/mol. The Hall–Kier alpha value is -1.88. The van der Waals surface area contributed by atoms with E-state index in [2.05, 4.69) is 4.74 Å². The van der Waals surface area contributed by atoms with Gasteiger partial charge >= 0.3 is 11.9 Å². The van der Waals surface area contributed by atoms with Gasteiger partial charge in [-0.05, 0) is 23.6 Å². The van der Waals surface area contributed by atoms with E-state index in [0.29, 0.717) is 5.56 Å². The Kier molecular flexibility index (Phi) is 5.51. The van der Waals surface area contributed by atoms with Crippen LogP contribution in [0.1, 0.15) is 29.8 Å². The van der Waals surface area contributed by atoms with Crippen LogP contribution in [-0.4, -0.2) is 25.1 Å². The third-order valence-corrected chi connectivity index (χ3v) is 2.75. The number of hydrogen-bond donors (Lipinski definition) is 1. The van der Waals surface area contributed by atoms with Gasteiger partial charge in [0.1, 0.15) is 12.6 Å². The van der Waals surface area contributed by atoms with Crippen LogP contribution in [0.2, 0.25) is 0 Å². The summed E-state index contributed by atoms with van der Waals surface area (Å²) in [5.41, 5.74) is 6.91. The Labute approximate surface area is 112 Å². The molecule has 0 bridgehead atoms. The minimum atomic E-state index is -0.616. The van der Waals surface area contributed by atoms with Crippen molar-refractivity contribution in [2.24, 2.45) is 11.7 Å². The van der Waals surface area contributed by atoms with Crippen LogP contribution in [0.25, 0.3) is 0 Å². The van der Waals surface area contributed by atoms with Gasteiger partial charge in [0, 0.05) is 0 Å². The van der Waals surface area contributed by atoms with E-state index >= 15 is 0 Å². The van der Waals surface area contributed by atoms with Crippen molar-refractivity contribution in [1.82, 2.24) is 0 Å². The molecule has 0 aliphatic rings. The maximum Gasteiger partial charge on any atom is 0.337 e. The lowest BCUT2D eigenvalue weighted by Crippen LogP contribution is -2.36. The molecule has 0 radical (unpaired) electrons. The smallest absolute Gasteiger partial charge is 0.337 e. The SMILES string of the molecule is COC(=O)c1ccc(COC(=O)C(N)C(C)C)cc1. The van der Waals surface area contributed by atoms with Gasteiger partial charge in [0.15, 0.2) is 0 Å². The monoisotopic (exact) mass is 265 g/mol. The highest BCUT2D eigenvalue weighted by atomic mass is 16.5. The molecule has 2 N–H and O–H groups in total. The molecule has 0 heterocycles. The zero-order chi connectivity index (χ0) is 14.4. The number of rotatable bonds is 5. The van der Waals surface area contributed by atoms with Gasteiger partial charge in [-0.2, -0.15) is 0 Å². The number of ether oxygens (including phenoxy) is 2. The second-order valence-corrected chi connectivity index (χ2v) is 4.57. The maximum atomic E-state index is 11.6. The second-order valence-electron chi connectivity index (χ2n) is 4.57. The molecule has 1 aromatic rings. The molecule has 0 aromatic heterocycles. The molecule has 0 aliphatic carbocycles. The van der Waals surface area contributed by atoms with E-state index in [-0.39, 0.29) is 12.5 Å². The van der Waals surface area contributed by atoms with Crippen molar-refractivity contribution in [1.29, 1.82) is 0 Å². The van der Waals surface area contributed by atoms with Crippen molar-refractivity contribution in [2.45, 2.75) is 26.5 Å². The molecule has 1 atom stereocenters. The van der Waals surface area contributed by atoms with Crippen LogP contribution in [0.15, 0.2) is 24.3 Å². The summed E-state index contributed by atoms with van der Waals surface area (Å²) < 4.78 is 9.69. The van der Waals surface area contributed by atoms with Crippen LogP contribution in [0.5, 0.6) is 0 Å². The Morgan fingerprint density at radius 2 is 1.79 bits per heavy atom. The molecule has 0 saturated heterocycles. The van der Waals surface area contributed by atoms with Gasteiger partial charge in [-0.25, -0.2) is 4.79 Å². The summed E-state index contributed by atoms with van der Waals surface area (Å²) >= 11 is 0. The largest absolute Gasteiger partial charge is 0.465 e. The summed E-state index contributed by atoms with van der Waals surface area (Å²) in [5.74, 6) is -0.786. The number of carbonyl (C=O) groups excluding carboxylic acids is 2. The van der Waals surface area contributed by atoms with E-state index in [1.54, 1.807) is 24.3 Å². The molecular formula is C14H19NO4. The Balaban J connectivity index is 2.55. The Bertz CT molecular complexity index is 439. The molecular weight excluding hydrogens is 246 g/mol. The van der Waals surface area contributed by atoms with Crippen LogP contribution >= 0.6 is 0 Å². The van der Waals surface area contributed by atoms with Crippen molar-refractivity contribution >= 4 is 11.9 Å². The molecule has 19 heavy (non-hydrogen) atoms. The van der Waals surface area contributed by atoms with Crippen LogP contribution in [0, 0.1) is 5.92 Å². The Morgan fingerprint density at radius 3 is 2.26 bits per heavy atom. The molecule has 0 fully saturated rings. The van der Waals surface area contributed by atoms with Crippen LogP contribution in [0.4, 0.5) is 0 Å². The second kappa shape index (κ2) is 6.89. The number of nitrogens with two attached hydrogens (primary N) is 1. The lowest BCUT2D eigenvalue weighted by atomic mass is 10.1. The summed E-state index contributed by atoms with van der Waals surface area (Å²) in [6.45, 7) is 3.86. The highest BCUT2D eigenvalue weighted by molar-refractivity contribution is 5.89. The third-order valence-electron chi connectivity index (χ3n) is 2.75. The van der Waals surface area contributed by atoms with E-state index in [9.17, 15) is 9.59 Å². The van der Waals surface area contributed by atoms with Crippen molar-refractivity contribution in [3.8, 4) is 0 Å². The molecule has 104 valence electrons. The number of hydrogen-bond acceptors (Lipinski definition) is 5. The fraction of sp³-hybridized carbons (Fsp3) is 0.429. The standard InChI is InChI=1S/C14H19NO4/c1-9(2)12(15)14(17)19-8-10-4-6-11(7-5-10)13(16)18-3/h4-7,9,12H,8,15H2,1-3H3. The molecule has 1 aromatic carbocycles. The predicted octanol–water partition coefficient (Wildman–Crippen LogP) is 1.50. The number of esters is 2. The molecule has 0 saturated carbocycles. The molecule has 5 nitrogen and oxygen atoms in total. The molecule has 1 rings (SSSR count). The van der Waals surface area contributed by atoms with Crippen molar-refractivity contribution in [3.63, 3.8) is 0 Å². The first-order chi connectivity index (χ1) is 8.95. The van der Waals surface area contributed by atoms with Crippen LogP contribution < -0.4 is 5.73 Å². The highest BCUT2D eigenvalue weighted by Crippen LogP contribution is 2.08. The Morgan fingerprint density at radius 1 is 1.21 bits per heavy atom. The number of benzene rings is 1. The molecule has 1 unspecified atom stereocenters. The highest BCUT2D eigenvalue weighted by Gasteiger charge is 2.18. The molecule has 5 heteroatoms. The maximum absolute atomic E-state index is 11.6. The van der Waals surface area contributed by atoms with Gasteiger partial charge in [-0.1, -0.05) is 26.0 Å². The number of carbonyl (C=O) groups is 2. The predicted molar refractivity (Wildman–Crippen MR) is 70.4 cm³/mol. The fourth-order valence-electron chi connectivity index (χ4n) is 1.38. The summed E-state index contributed by atoms with van der Waals surface area (Å²) in [7, 11) is 1.32. The first kappa shape index (κ1) is 15.2. The molecule has 0 spiro atoms. The minimum Gasteiger partial charge on any atom is -0.465 e. The lowest BCUT2D eigenvalue weighted by Gasteiger charge is -2.14. The molecule has 0 amide bonds. The zero-order valence-corrected chi connectivity index (χ0v) is 11.4. The summed E-state index contributed by atoms with van der Waals surface area (Å²) in [6, 6.07) is 6.05. The van der Waals surface area contributed by atoms with Gasteiger partial charge in [-0.3, -0.25) is 4.79 Å². The normalized spacial score (nSPS) is 12.1. The quantitative estimate of drug-likeness (QED) is 0.816. The van der Waals surface area contributed by atoms with Crippen molar-refractivity contribution in [2.75, 3.05) is 7.11 Å². The topological polar surface area (TPSA) is 78.6 Å². The minimum absolute atomic E-state index is 0.0363. The third kappa shape index (κ3) is 4.37. The fourth-order valence-corrected chi connectivity index (χ4v) is 1.38. The summed E-state index contributed by atoms with van der Waals surface area (Å²) in [5, 5.41) is 0. The first-order valence-corrected chi connectivity index (χ1v) is 6.05. The van der Waals surface area contributed by atoms with Crippen LogP contribution in [0.3, 0.4) is 0 Å². The average Bonchev–Trinajstić information content (AvgIpc) is 2.43. The van der Waals surface area contributed by atoms with Gasteiger partial charge in [0.2, 0.25) is 0 Å². The lowest BCUT2D eigenvalue weighted by molar-refractivity contribution is -0.147. The van der Waals surface area contributed by atoms with E-state index in [1.807, 2.05) is 13.8 Å². The van der Waals surface area contributed by atoms with Crippen LogP contribution in [-0.2, 0) is 20.9 Å². The molecule has 0 aliphatic heterocycles. The van der Waals surface area contributed by atoms with Gasteiger partial charge in [0.05, 0.1) is 12.7 Å². The van der Waals surface area contributed by atoms with Crippen molar-refractivity contribution in [3.05, 3.63) is 35.4 Å². The first-order valence-electron chi connectivity index (χ1n) is 6.05.